The van der Waals surface area contributed by atoms with E-state index in [9.17, 15) is 9.59 Å². The molecule has 0 aliphatic carbocycles. The largest absolute Gasteiger partial charge is 0.481 e. The topological polar surface area (TPSA) is 54.4 Å². The molecular formula is C19H36O3. The zero-order valence-electron chi connectivity index (χ0n) is 15.3. The van der Waals surface area contributed by atoms with Crippen molar-refractivity contribution in [1.82, 2.24) is 0 Å². The summed E-state index contributed by atoms with van der Waals surface area (Å²) in [6.07, 6.45) is 11.2. The summed E-state index contributed by atoms with van der Waals surface area (Å²) >= 11 is 0. The summed E-state index contributed by atoms with van der Waals surface area (Å²) in [6.45, 7) is 9.36. The van der Waals surface area contributed by atoms with E-state index in [1.54, 1.807) is 20.8 Å². The van der Waals surface area contributed by atoms with Crippen molar-refractivity contribution in [2.75, 3.05) is 0 Å². The molecule has 0 unspecified atom stereocenters. The third-order valence-electron chi connectivity index (χ3n) is 4.89. The Hall–Kier alpha value is -0.860. The smallest absolute Gasteiger partial charge is 0.309 e. The molecule has 0 aliphatic rings. The maximum absolute atomic E-state index is 11.4. The van der Waals surface area contributed by atoms with Crippen molar-refractivity contribution < 1.29 is 14.7 Å². The average molecular weight is 312 g/mol. The molecule has 0 spiro atoms. The predicted molar refractivity (Wildman–Crippen MR) is 92.0 cm³/mol. The van der Waals surface area contributed by atoms with Gasteiger partial charge in [-0.25, -0.2) is 0 Å². The molecule has 0 rings (SSSR count). The molecule has 0 radical (unpaired) electrons. The monoisotopic (exact) mass is 312 g/mol. The van der Waals surface area contributed by atoms with Crippen LogP contribution < -0.4 is 0 Å². The maximum atomic E-state index is 11.4. The quantitative estimate of drug-likeness (QED) is 0.449. The highest BCUT2D eigenvalue weighted by atomic mass is 16.4. The van der Waals surface area contributed by atoms with Crippen LogP contribution in [-0.2, 0) is 9.59 Å². The van der Waals surface area contributed by atoms with Crippen molar-refractivity contribution in [2.24, 2.45) is 10.8 Å². The molecule has 22 heavy (non-hydrogen) atoms. The predicted octanol–water partition coefficient (Wildman–Crippen LogP) is 5.61. The third-order valence-corrected chi connectivity index (χ3v) is 4.89. The van der Waals surface area contributed by atoms with Gasteiger partial charge in [-0.1, -0.05) is 65.2 Å². The highest BCUT2D eigenvalue weighted by Crippen LogP contribution is 2.26. The second-order valence-electron chi connectivity index (χ2n) is 7.96. The molecule has 0 aromatic heterocycles. The summed E-state index contributed by atoms with van der Waals surface area (Å²) < 4.78 is 0. The number of carboxylic acids is 1. The van der Waals surface area contributed by atoms with Gasteiger partial charge in [0.1, 0.15) is 5.78 Å². The fourth-order valence-electron chi connectivity index (χ4n) is 2.48. The first-order valence-corrected chi connectivity index (χ1v) is 8.84. The van der Waals surface area contributed by atoms with Crippen LogP contribution in [0.4, 0.5) is 0 Å². The Bertz CT molecular complexity index is 309. The van der Waals surface area contributed by atoms with Gasteiger partial charge in [0, 0.05) is 5.41 Å². The van der Waals surface area contributed by atoms with Gasteiger partial charge in [0.25, 0.3) is 0 Å². The van der Waals surface area contributed by atoms with Crippen LogP contribution >= 0.6 is 0 Å². The molecule has 0 saturated carbocycles. The van der Waals surface area contributed by atoms with Crippen molar-refractivity contribution in [3.63, 3.8) is 0 Å². The minimum atomic E-state index is -0.694. The molecule has 0 aromatic rings. The van der Waals surface area contributed by atoms with Gasteiger partial charge in [-0.05, 0) is 33.6 Å². The molecule has 130 valence electrons. The van der Waals surface area contributed by atoms with Crippen LogP contribution in [0.3, 0.4) is 0 Å². The Kier molecular flexibility index (Phi) is 9.63. The average Bonchev–Trinajstić information content (AvgIpc) is 2.40. The van der Waals surface area contributed by atoms with Gasteiger partial charge in [0.2, 0.25) is 0 Å². The molecule has 0 amide bonds. The molecule has 0 aliphatic heterocycles. The maximum Gasteiger partial charge on any atom is 0.309 e. The highest BCUT2D eigenvalue weighted by molar-refractivity contribution is 5.81. The molecule has 3 heteroatoms. The van der Waals surface area contributed by atoms with Crippen molar-refractivity contribution in [1.29, 1.82) is 0 Å². The number of unbranched alkanes of at least 4 members (excludes halogenated alkanes) is 7. The molecule has 0 atom stereocenters. The number of hydrogen-bond acceptors (Lipinski definition) is 2. The highest BCUT2D eigenvalue weighted by Gasteiger charge is 2.25. The summed E-state index contributed by atoms with van der Waals surface area (Å²) in [7, 11) is 0. The summed E-state index contributed by atoms with van der Waals surface area (Å²) in [4.78, 5) is 22.4. The Morgan fingerprint density at radius 3 is 1.32 bits per heavy atom. The number of carbonyl (C=O) groups excluding carboxylic acids is 1. The first-order chi connectivity index (χ1) is 10.1. The Morgan fingerprint density at radius 1 is 0.682 bits per heavy atom. The van der Waals surface area contributed by atoms with E-state index < -0.39 is 11.4 Å². The number of rotatable bonds is 13. The van der Waals surface area contributed by atoms with Crippen LogP contribution in [0.25, 0.3) is 0 Å². The van der Waals surface area contributed by atoms with Crippen LogP contribution in [0, 0.1) is 10.8 Å². The normalized spacial score (nSPS) is 12.4. The number of carboxylic acid groups (broad SMARTS) is 1. The van der Waals surface area contributed by atoms with E-state index in [1.807, 2.05) is 13.8 Å². The second kappa shape index (κ2) is 10.0. The number of Topliss-reactive ketones (excluding diaryl/α,β-unsaturated/α-hetero) is 1. The van der Waals surface area contributed by atoms with Gasteiger partial charge in [-0.2, -0.15) is 0 Å². The number of carbonyl (C=O) groups is 2. The lowest BCUT2D eigenvalue weighted by Crippen LogP contribution is -2.23. The molecule has 3 nitrogen and oxygen atoms in total. The van der Waals surface area contributed by atoms with Crippen LogP contribution in [0.1, 0.15) is 98.8 Å². The second-order valence-corrected chi connectivity index (χ2v) is 7.96. The number of aliphatic carboxylic acids is 1. The van der Waals surface area contributed by atoms with Gasteiger partial charge in [-0.3, -0.25) is 9.59 Å². The summed E-state index contributed by atoms with van der Waals surface area (Å²) in [5.74, 6) is -0.405. The van der Waals surface area contributed by atoms with Gasteiger partial charge in [0.05, 0.1) is 5.41 Å². The lowest BCUT2D eigenvalue weighted by molar-refractivity contribution is -0.147. The molecule has 1 N–H and O–H groups in total. The van der Waals surface area contributed by atoms with E-state index in [2.05, 4.69) is 0 Å². The molecular weight excluding hydrogens is 276 g/mol. The van der Waals surface area contributed by atoms with E-state index in [1.165, 1.54) is 32.1 Å². The Balaban J connectivity index is 3.45. The van der Waals surface area contributed by atoms with E-state index >= 15 is 0 Å². The van der Waals surface area contributed by atoms with Crippen molar-refractivity contribution in [3.8, 4) is 0 Å². The van der Waals surface area contributed by atoms with Gasteiger partial charge >= 0.3 is 5.97 Å². The first-order valence-electron chi connectivity index (χ1n) is 8.84. The Morgan fingerprint density at radius 2 is 1.00 bits per heavy atom. The SMILES string of the molecule is CC(=O)C(C)(C)CCCCCCCCCCC(C)(C)C(=O)O. The zero-order valence-corrected chi connectivity index (χ0v) is 15.3. The molecule has 0 aromatic carbocycles. The van der Waals surface area contributed by atoms with E-state index in [0.717, 1.165) is 32.1 Å². The molecule has 0 fully saturated rings. The van der Waals surface area contributed by atoms with Crippen LogP contribution in [0.5, 0.6) is 0 Å². The summed E-state index contributed by atoms with van der Waals surface area (Å²) in [5, 5.41) is 9.03. The minimum absolute atomic E-state index is 0.156. The van der Waals surface area contributed by atoms with Gasteiger partial charge in [0.15, 0.2) is 0 Å². The van der Waals surface area contributed by atoms with Crippen molar-refractivity contribution >= 4 is 11.8 Å². The van der Waals surface area contributed by atoms with Crippen LogP contribution in [0.2, 0.25) is 0 Å². The Labute approximate surface area is 136 Å². The zero-order chi connectivity index (χ0) is 17.2. The lowest BCUT2D eigenvalue weighted by atomic mass is 9.83. The van der Waals surface area contributed by atoms with Gasteiger partial charge in [-0.15, -0.1) is 0 Å². The molecule has 0 heterocycles. The third kappa shape index (κ3) is 9.22. The van der Waals surface area contributed by atoms with E-state index in [0.29, 0.717) is 0 Å². The standard InChI is InChI=1S/C19H36O3/c1-16(20)18(2,3)14-12-10-8-6-7-9-11-13-15-19(4,5)17(21)22/h6-15H2,1-5H3,(H,21,22). The number of hydrogen-bond donors (Lipinski definition) is 1. The van der Waals surface area contributed by atoms with E-state index in [4.69, 9.17) is 5.11 Å². The fourth-order valence-corrected chi connectivity index (χ4v) is 2.48. The van der Waals surface area contributed by atoms with Crippen LogP contribution in [0.15, 0.2) is 0 Å². The fraction of sp³-hybridized carbons (Fsp3) is 0.895. The number of ketones is 1. The lowest BCUT2D eigenvalue weighted by Gasteiger charge is -2.20. The van der Waals surface area contributed by atoms with Crippen molar-refractivity contribution in [3.05, 3.63) is 0 Å². The summed E-state index contributed by atoms with van der Waals surface area (Å²) in [5.41, 5.74) is -0.736. The minimum Gasteiger partial charge on any atom is -0.481 e. The first kappa shape index (κ1) is 21.1. The molecule has 0 bridgehead atoms. The summed E-state index contributed by atoms with van der Waals surface area (Å²) in [6, 6.07) is 0. The van der Waals surface area contributed by atoms with Crippen molar-refractivity contribution in [2.45, 2.75) is 98.8 Å². The van der Waals surface area contributed by atoms with Gasteiger partial charge < -0.3 is 5.11 Å². The molecule has 0 saturated heterocycles. The van der Waals surface area contributed by atoms with Crippen LogP contribution in [-0.4, -0.2) is 16.9 Å². The van der Waals surface area contributed by atoms with E-state index in [-0.39, 0.29) is 11.2 Å².